The van der Waals surface area contributed by atoms with E-state index in [9.17, 15) is 14.7 Å². The first-order chi connectivity index (χ1) is 22.9. The average molecular weight is 677 g/mol. The van der Waals surface area contributed by atoms with Crippen LogP contribution < -0.4 is 15.4 Å². The molecule has 260 valence electrons. The van der Waals surface area contributed by atoms with Gasteiger partial charge in [-0.05, 0) is 119 Å². The van der Waals surface area contributed by atoms with Crippen molar-refractivity contribution in [2.75, 3.05) is 13.7 Å². The van der Waals surface area contributed by atoms with Crippen molar-refractivity contribution in [3.8, 4) is 16.2 Å². The topological polar surface area (TPSA) is 123 Å². The summed E-state index contributed by atoms with van der Waals surface area (Å²) in [5.41, 5.74) is 3.41. The first kappa shape index (κ1) is 35.8. The van der Waals surface area contributed by atoms with Gasteiger partial charge in [-0.2, -0.15) is 0 Å². The number of hydrogen-bond donors (Lipinski definition) is 3. The molecule has 10 heteroatoms. The van der Waals surface area contributed by atoms with E-state index in [1.54, 1.807) is 32.3 Å². The number of benzene rings is 1. The molecule has 2 fully saturated rings. The maximum atomic E-state index is 13.9. The molecule has 1 unspecified atom stereocenters. The number of aliphatic hydroxyl groups is 1. The molecule has 48 heavy (non-hydrogen) atoms. The van der Waals surface area contributed by atoms with E-state index >= 15 is 0 Å². The van der Waals surface area contributed by atoms with E-state index < -0.39 is 11.7 Å². The number of methoxy groups -OCH3 is 1. The van der Waals surface area contributed by atoms with E-state index in [2.05, 4.69) is 60.7 Å². The van der Waals surface area contributed by atoms with Crippen LogP contribution in [-0.2, 0) is 9.53 Å². The number of hydrogen-bond acceptors (Lipinski definition) is 8. The van der Waals surface area contributed by atoms with Crippen LogP contribution in [0.15, 0.2) is 42.7 Å². The van der Waals surface area contributed by atoms with Gasteiger partial charge in [-0.15, -0.1) is 11.3 Å². The van der Waals surface area contributed by atoms with E-state index in [1.807, 2.05) is 18.5 Å². The van der Waals surface area contributed by atoms with Gasteiger partial charge in [0.25, 0.3) is 0 Å². The van der Waals surface area contributed by atoms with Crippen LogP contribution in [0.25, 0.3) is 10.4 Å². The van der Waals surface area contributed by atoms with Crippen molar-refractivity contribution in [1.82, 2.24) is 20.6 Å². The molecule has 2 aliphatic carbocycles. The Hall–Kier alpha value is -3.50. The SMILES string of the molecule is COc1ccc(C2CCC(C(NC(=O)C3CCC(NC(=O)OCC(C)(C)O)CC3)c3cc(-c4cnc(C(C)C)s4)ccn3)CC2)cc1C. The molecule has 0 bridgehead atoms. The van der Waals surface area contributed by atoms with Crippen LogP contribution in [0, 0.1) is 18.8 Å². The molecule has 1 aromatic carbocycles. The quantitative estimate of drug-likeness (QED) is 0.189. The molecule has 3 aromatic rings. The summed E-state index contributed by atoms with van der Waals surface area (Å²) in [6.07, 6.45) is 10.1. The van der Waals surface area contributed by atoms with E-state index in [0.29, 0.717) is 37.5 Å². The van der Waals surface area contributed by atoms with Crippen LogP contribution in [0.2, 0.25) is 0 Å². The molecule has 9 nitrogen and oxygen atoms in total. The van der Waals surface area contributed by atoms with E-state index in [1.165, 1.54) is 5.56 Å². The van der Waals surface area contributed by atoms with Crippen molar-refractivity contribution in [3.63, 3.8) is 0 Å². The minimum absolute atomic E-state index is 0.0514. The number of ether oxygens (including phenoxy) is 2. The summed E-state index contributed by atoms with van der Waals surface area (Å²) >= 11 is 1.71. The number of amides is 2. The van der Waals surface area contributed by atoms with Crippen LogP contribution in [0.4, 0.5) is 4.79 Å². The fourth-order valence-electron chi connectivity index (χ4n) is 7.06. The molecule has 2 saturated carbocycles. The minimum atomic E-state index is -1.08. The van der Waals surface area contributed by atoms with Gasteiger partial charge in [0, 0.05) is 30.3 Å². The molecule has 0 aliphatic heterocycles. The maximum absolute atomic E-state index is 13.9. The highest BCUT2D eigenvalue weighted by Gasteiger charge is 2.34. The third kappa shape index (κ3) is 9.35. The number of alkyl carbamates (subject to hydrolysis) is 1. The van der Waals surface area contributed by atoms with Crippen molar-refractivity contribution in [3.05, 3.63) is 64.6 Å². The number of aromatic nitrogens is 2. The molecule has 2 aliphatic rings. The molecule has 1 atom stereocenters. The molecule has 5 rings (SSSR count). The van der Waals surface area contributed by atoms with Gasteiger partial charge < -0.3 is 25.2 Å². The lowest BCUT2D eigenvalue weighted by Gasteiger charge is -2.36. The fourth-order valence-corrected chi connectivity index (χ4v) is 7.97. The van der Waals surface area contributed by atoms with Crippen molar-refractivity contribution in [2.45, 2.75) is 116 Å². The van der Waals surface area contributed by atoms with Gasteiger partial charge in [0.2, 0.25) is 5.91 Å². The standard InChI is InChI=1S/C38H52N4O5S/c1-23(2)36-40-21-33(48-36)29-17-18-39-31(20-29)34(26-9-7-25(8-10-26)28-13-16-32(46-6)24(3)19-28)42-35(43)27-11-14-30(15-12-27)41-37(44)47-22-38(4,5)45/h13,16-21,23,25-27,30,34,45H,7-12,14-15,22H2,1-6H3,(H,41,44)(H,42,43). The Labute approximate surface area is 289 Å². The Morgan fingerprint density at radius 3 is 2.38 bits per heavy atom. The third-order valence-corrected chi connectivity index (χ3v) is 11.2. The summed E-state index contributed by atoms with van der Waals surface area (Å²) in [4.78, 5) is 36.7. The molecular formula is C38H52N4O5S. The zero-order chi connectivity index (χ0) is 34.4. The number of rotatable bonds is 11. The van der Waals surface area contributed by atoms with Gasteiger partial charge in [0.05, 0.1) is 34.3 Å². The summed E-state index contributed by atoms with van der Waals surface area (Å²) in [7, 11) is 1.71. The first-order valence-electron chi connectivity index (χ1n) is 17.4. The Balaban J connectivity index is 1.28. The number of nitrogens with one attached hydrogen (secondary N) is 2. The van der Waals surface area contributed by atoms with Crippen molar-refractivity contribution in [2.24, 2.45) is 11.8 Å². The molecule has 0 radical (unpaired) electrons. The van der Waals surface area contributed by atoms with Crippen molar-refractivity contribution < 1.29 is 24.2 Å². The van der Waals surface area contributed by atoms with Crippen LogP contribution in [-0.4, -0.2) is 52.4 Å². The normalized spacial score (nSPS) is 22.2. The number of thiazole rings is 1. The molecule has 0 saturated heterocycles. The monoisotopic (exact) mass is 676 g/mol. The molecule has 2 heterocycles. The lowest BCUT2D eigenvalue weighted by molar-refractivity contribution is -0.127. The number of carbonyl (C=O) groups excluding carboxylic acids is 2. The smallest absolute Gasteiger partial charge is 0.407 e. The fraction of sp³-hybridized carbons (Fsp3) is 0.579. The van der Waals surface area contributed by atoms with Crippen LogP contribution in [0.1, 0.15) is 119 Å². The van der Waals surface area contributed by atoms with Crippen molar-refractivity contribution in [1.29, 1.82) is 0 Å². The lowest BCUT2D eigenvalue weighted by Crippen LogP contribution is -2.43. The zero-order valence-corrected chi connectivity index (χ0v) is 30.1. The number of carbonyl (C=O) groups is 2. The van der Waals surface area contributed by atoms with Crippen LogP contribution in [0.5, 0.6) is 5.75 Å². The molecule has 3 N–H and O–H groups in total. The van der Waals surface area contributed by atoms with Gasteiger partial charge in [0.1, 0.15) is 12.4 Å². The summed E-state index contributed by atoms with van der Waals surface area (Å²) < 4.78 is 10.7. The summed E-state index contributed by atoms with van der Waals surface area (Å²) in [5, 5.41) is 17.3. The maximum Gasteiger partial charge on any atom is 0.407 e. The Morgan fingerprint density at radius 1 is 1.02 bits per heavy atom. The largest absolute Gasteiger partial charge is 0.496 e. The third-order valence-electron chi connectivity index (χ3n) is 9.81. The number of pyridine rings is 1. The van der Waals surface area contributed by atoms with E-state index in [-0.39, 0.29) is 36.4 Å². The van der Waals surface area contributed by atoms with Gasteiger partial charge in [-0.1, -0.05) is 26.0 Å². The second-order valence-corrected chi connectivity index (χ2v) is 15.7. The zero-order valence-electron chi connectivity index (χ0n) is 29.3. The molecule has 2 amide bonds. The molecular weight excluding hydrogens is 625 g/mol. The number of aryl methyl sites for hydroxylation is 1. The second-order valence-electron chi connectivity index (χ2n) is 14.6. The first-order valence-corrected chi connectivity index (χ1v) is 18.2. The highest BCUT2D eigenvalue weighted by atomic mass is 32.1. The van der Waals surface area contributed by atoms with Gasteiger partial charge in [-0.3, -0.25) is 9.78 Å². The predicted octanol–water partition coefficient (Wildman–Crippen LogP) is 7.83. The van der Waals surface area contributed by atoms with Crippen LogP contribution in [0.3, 0.4) is 0 Å². The lowest BCUT2D eigenvalue weighted by atomic mass is 9.74. The van der Waals surface area contributed by atoms with Gasteiger partial charge >= 0.3 is 6.09 Å². The van der Waals surface area contributed by atoms with Crippen molar-refractivity contribution >= 4 is 23.3 Å². The number of nitrogens with zero attached hydrogens (tertiary/aromatic N) is 2. The van der Waals surface area contributed by atoms with E-state index in [0.717, 1.165) is 58.1 Å². The summed E-state index contributed by atoms with van der Waals surface area (Å²) in [5.74, 6) is 1.95. The Bertz CT molecular complexity index is 1530. The Kier molecular flexibility index (Phi) is 11.8. The van der Waals surface area contributed by atoms with E-state index in [4.69, 9.17) is 14.5 Å². The van der Waals surface area contributed by atoms with Gasteiger partial charge in [-0.25, -0.2) is 9.78 Å². The second kappa shape index (κ2) is 15.8. The average Bonchev–Trinajstić information content (AvgIpc) is 3.58. The molecule has 2 aromatic heterocycles. The summed E-state index contributed by atoms with van der Waals surface area (Å²) in [6, 6.07) is 10.5. The Morgan fingerprint density at radius 2 is 1.75 bits per heavy atom. The summed E-state index contributed by atoms with van der Waals surface area (Å²) in [6.45, 7) is 9.53. The minimum Gasteiger partial charge on any atom is -0.496 e. The molecule has 0 spiro atoms. The van der Waals surface area contributed by atoms with Gasteiger partial charge in [0.15, 0.2) is 0 Å². The highest BCUT2D eigenvalue weighted by molar-refractivity contribution is 7.15. The predicted molar refractivity (Wildman–Crippen MR) is 189 cm³/mol. The highest BCUT2D eigenvalue weighted by Crippen LogP contribution is 2.42. The van der Waals surface area contributed by atoms with Crippen LogP contribution >= 0.6 is 11.3 Å².